The van der Waals surface area contributed by atoms with Crippen LogP contribution in [0.15, 0.2) is 29.3 Å². The largest absolute Gasteiger partial charge is 0.357 e. The van der Waals surface area contributed by atoms with E-state index < -0.39 is 9.84 Å². The van der Waals surface area contributed by atoms with Gasteiger partial charge in [-0.25, -0.2) is 8.42 Å². The van der Waals surface area contributed by atoms with Gasteiger partial charge in [0.1, 0.15) is 9.84 Å². The molecule has 1 aromatic rings. The van der Waals surface area contributed by atoms with Crippen LogP contribution in [0.4, 0.5) is 0 Å². The summed E-state index contributed by atoms with van der Waals surface area (Å²) in [4.78, 5) is 20.8. The van der Waals surface area contributed by atoms with Gasteiger partial charge in [-0.15, -0.1) is 24.0 Å². The van der Waals surface area contributed by atoms with E-state index >= 15 is 0 Å². The second-order valence-electron chi connectivity index (χ2n) is 6.54. The van der Waals surface area contributed by atoms with Crippen molar-refractivity contribution in [3.8, 4) is 0 Å². The van der Waals surface area contributed by atoms with Crippen molar-refractivity contribution in [1.29, 1.82) is 0 Å². The number of nitrogens with zero attached hydrogens (tertiary/aromatic N) is 3. The Morgan fingerprint density at radius 2 is 1.86 bits per heavy atom. The normalized spacial score (nSPS) is 15.2. The first-order valence-electron chi connectivity index (χ1n) is 9.01. The number of hydrogen-bond donors (Lipinski definition) is 1. The molecule has 1 saturated heterocycles. The van der Waals surface area contributed by atoms with Crippen molar-refractivity contribution >= 4 is 57.3 Å². The van der Waals surface area contributed by atoms with Gasteiger partial charge in [0.25, 0.3) is 0 Å². The number of hydrogen-bond acceptors (Lipinski definition) is 4. The highest BCUT2D eigenvalue weighted by Gasteiger charge is 2.23. The number of guanidine groups is 1. The highest BCUT2D eigenvalue weighted by atomic mass is 127. The molecule has 1 heterocycles. The van der Waals surface area contributed by atoms with Gasteiger partial charge in [0.05, 0.1) is 18.7 Å². The highest BCUT2D eigenvalue weighted by molar-refractivity contribution is 14.0. The van der Waals surface area contributed by atoms with Crippen LogP contribution >= 0.6 is 35.6 Å². The number of nitrogens with one attached hydrogen (secondary N) is 1. The van der Waals surface area contributed by atoms with E-state index in [0.29, 0.717) is 50.1 Å². The quantitative estimate of drug-likeness (QED) is 0.336. The topological polar surface area (TPSA) is 82.1 Å². The highest BCUT2D eigenvalue weighted by Crippen LogP contribution is 2.13. The van der Waals surface area contributed by atoms with Gasteiger partial charge < -0.3 is 15.1 Å². The number of carbonyl (C=O) groups is 1. The smallest absolute Gasteiger partial charge is 0.227 e. The number of piperazine rings is 1. The summed E-state index contributed by atoms with van der Waals surface area (Å²) in [5.41, 5.74) is 0.908. The molecule has 0 radical (unpaired) electrons. The number of amides is 1. The van der Waals surface area contributed by atoms with Crippen LogP contribution in [-0.4, -0.2) is 81.4 Å². The lowest BCUT2D eigenvalue weighted by Crippen LogP contribution is -2.54. The third-order valence-electron chi connectivity index (χ3n) is 4.23. The molecule has 0 aliphatic carbocycles. The van der Waals surface area contributed by atoms with E-state index in [-0.39, 0.29) is 42.2 Å². The van der Waals surface area contributed by atoms with Crippen LogP contribution in [0.2, 0.25) is 5.02 Å². The molecule has 1 fully saturated rings. The fourth-order valence-corrected chi connectivity index (χ4v) is 3.48. The van der Waals surface area contributed by atoms with Gasteiger partial charge in [0.15, 0.2) is 5.96 Å². The van der Waals surface area contributed by atoms with Crippen LogP contribution in [0.25, 0.3) is 0 Å². The Hall–Kier alpha value is -1.07. The molecular weight excluding hydrogens is 515 g/mol. The molecule has 1 aromatic carbocycles. The summed E-state index contributed by atoms with van der Waals surface area (Å²) in [6.45, 7) is 5.43. The van der Waals surface area contributed by atoms with E-state index in [1.165, 1.54) is 6.26 Å². The van der Waals surface area contributed by atoms with Crippen LogP contribution in [-0.2, 0) is 21.1 Å². The van der Waals surface area contributed by atoms with Gasteiger partial charge in [0.2, 0.25) is 5.91 Å². The second kappa shape index (κ2) is 11.8. The molecule has 158 valence electrons. The third-order valence-corrected chi connectivity index (χ3v) is 5.39. The van der Waals surface area contributed by atoms with E-state index in [4.69, 9.17) is 11.6 Å². The Bertz CT molecular complexity index is 781. The van der Waals surface area contributed by atoms with Crippen molar-refractivity contribution in [3.05, 3.63) is 34.9 Å². The molecule has 0 unspecified atom stereocenters. The maximum absolute atomic E-state index is 12.5. The summed E-state index contributed by atoms with van der Waals surface area (Å²) in [6, 6.07) is 7.35. The third kappa shape index (κ3) is 8.52. The van der Waals surface area contributed by atoms with Gasteiger partial charge >= 0.3 is 0 Å². The zero-order chi connectivity index (χ0) is 19.9. The Labute approximate surface area is 189 Å². The van der Waals surface area contributed by atoms with Gasteiger partial charge in [-0.3, -0.25) is 9.79 Å². The Morgan fingerprint density at radius 1 is 1.21 bits per heavy atom. The monoisotopic (exact) mass is 542 g/mol. The van der Waals surface area contributed by atoms with Crippen molar-refractivity contribution in [3.63, 3.8) is 0 Å². The molecule has 1 aliphatic rings. The minimum absolute atomic E-state index is 0. The maximum atomic E-state index is 12.5. The molecule has 10 heteroatoms. The first-order valence-corrected chi connectivity index (χ1v) is 11.5. The molecule has 0 atom stereocenters. The van der Waals surface area contributed by atoms with Gasteiger partial charge in [-0.2, -0.15) is 0 Å². The Morgan fingerprint density at radius 3 is 2.43 bits per heavy atom. The summed E-state index contributed by atoms with van der Waals surface area (Å²) in [5, 5.41) is 3.82. The summed E-state index contributed by atoms with van der Waals surface area (Å²) >= 11 is 5.98. The fraction of sp³-hybridized carbons (Fsp3) is 0.556. The van der Waals surface area contributed by atoms with Gasteiger partial charge in [-0.05, 0) is 24.6 Å². The molecule has 28 heavy (non-hydrogen) atoms. The first-order chi connectivity index (χ1) is 12.8. The van der Waals surface area contributed by atoms with Crippen molar-refractivity contribution < 1.29 is 13.2 Å². The van der Waals surface area contributed by atoms with Crippen molar-refractivity contribution in [1.82, 2.24) is 15.1 Å². The lowest BCUT2D eigenvalue weighted by molar-refractivity contribution is -0.131. The van der Waals surface area contributed by atoms with Crippen LogP contribution in [0.3, 0.4) is 0 Å². The van der Waals surface area contributed by atoms with Gasteiger partial charge in [0, 0.05) is 44.0 Å². The fourth-order valence-electron chi connectivity index (χ4n) is 2.84. The molecule has 1 amide bonds. The molecule has 2 rings (SSSR count). The van der Waals surface area contributed by atoms with Crippen LogP contribution in [0, 0.1) is 0 Å². The average molecular weight is 543 g/mol. The van der Waals surface area contributed by atoms with Crippen LogP contribution < -0.4 is 5.32 Å². The van der Waals surface area contributed by atoms with Crippen molar-refractivity contribution in [2.24, 2.45) is 4.99 Å². The van der Waals surface area contributed by atoms with Crippen molar-refractivity contribution in [2.75, 3.05) is 51.3 Å². The number of halogens is 2. The molecule has 0 saturated carbocycles. The predicted molar refractivity (Wildman–Crippen MR) is 124 cm³/mol. The summed E-state index contributed by atoms with van der Waals surface area (Å²) in [5.74, 6) is 0.805. The Kier molecular flexibility index (Phi) is 10.5. The minimum atomic E-state index is -3.03. The molecule has 1 aliphatic heterocycles. The summed E-state index contributed by atoms with van der Waals surface area (Å²) < 4.78 is 22.6. The Balaban J connectivity index is 0.00000392. The second-order valence-corrected chi connectivity index (χ2v) is 9.24. The average Bonchev–Trinajstić information content (AvgIpc) is 2.60. The number of sulfone groups is 1. The maximum Gasteiger partial charge on any atom is 0.227 e. The minimum Gasteiger partial charge on any atom is -0.357 e. The molecule has 0 aromatic heterocycles. The van der Waals surface area contributed by atoms with Crippen LogP contribution in [0.5, 0.6) is 0 Å². The number of carbonyl (C=O) groups excluding carboxylic acids is 1. The SMILES string of the molecule is CCNC(=NCCS(C)(=O)=O)N1CCN(C(=O)Cc2cccc(Cl)c2)CC1.I. The van der Waals surface area contributed by atoms with E-state index in [9.17, 15) is 13.2 Å². The molecular formula is C18H28ClIN4O3S. The lowest BCUT2D eigenvalue weighted by Gasteiger charge is -2.36. The molecule has 1 N–H and O–H groups in total. The molecule has 7 nitrogen and oxygen atoms in total. The molecule has 0 bridgehead atoms. The standard InChI is InChI=1S/C18H27ClN4O3S.HI/c1-3-20-18(21-7-12-27(2,25)26)23-10-8-22(9-11-23)17(24)14-15-5-4-6-16(19)13-15;/h4-6,13H,3,7-12,14H2,1-2H3,(H,20,21);1H. The van der Waals surface area contributed by atoms with Crippen molar-refractivity contribution in [2.45, 2.75) is 13.3 Å². The van der Waals surface area contributed by atoms with E-state index in [2.05, 4.69) is 15.2 Å². The van der Waals surface area contributed by atoms with E-state index in [1.807, 2.05) is 30.0 Å². The number of rotatable bonds is 6. The zero-order valence-electron chi connectivity index (χ0n) is 16.2. The van der Waals surface area contributed by atoms with Gasteiger partial charge in [-0.1, -0.05) is 23.7 Å². The zero-order valence-corrected chi connectivity index (χ0v) is 20.1. The molecule has 0 spiro atoms. The predicted octanol–water partition coefficient (Wildman–Crippen LogP) is 1.65. The lowest BCUT2D eigenvalue weighted by atomic mass is 10.1. The number of aliphatic imine (C=N–C) groups is 1. The summed E-state index contributed by atoms with van der Waals surface area (Å²) in [6.07, 6.45) is 1.54. The number of benzene rings is 1. The first kappa shape index (κ1) is 25.0. The van der Waals surface area contributed by atoms with E-state index in [1.54, 1.807) is 6.07 Å². The summed E-state index contributed by atoms with van der Waals surface area (Å²) in [7, 11) is -3.03. The van der Waals surface area contributed by atoms with E-state index in [0.717, 1.165) is 5.56 Å². The van der Waals surface area contributed by atoms with Crippen LogP contribution in [0.1, 0.15) is 12.5 Å².